The van der Waals surface area contributed by atoms with Crippen molar-refractivity contribution in [2.45, 2.75) is 4.90 Å². The molecule has 6 heteroatoms. The molecule has 0 amide bonds. The summed E-state index contributed by atoms with van der Waals surface area (Å²) in [6, 6.07) is 26.0. The molecule has 0 N–H and O–H groups in total. The highest BCUT2D eigenvalue weighted by Gasteiger charge is 2.36. The van der Waals surface area contributed by atoms with E-state index in [1.54, 1.807) is 66.7 Å². The predicted octanol–water partition coefficient (Wildman–Crippen LogP) is 4.59. The van der Waals surface area contributed by atoms with Crippen LogP contribution in [-0.2, 0) is 14.8 Å². The summed E-state index contributed by atoms with van der Waals surface area (Å²) in [6.45, 7) is 0. The molecule has 0 saturated heterocycles. The monoisotopic (exact) mass is 439 g/mol. The first kappa shape index (κ1) is 19.9. The Morgan fingerprint density at radius 1 is 0.656 bits per heavy atom. The molecule has 1 aromatic heterocycles. The lowest BCUT2D eigenvalue weighted by Crippen LogP contribution is -2.23. The highest BCUT2D eigenvalue weighted by atomic mass is 32.2. The molecule has 1 aliphatic rings. The van der Waals surface area contributed by atoms with E-state index in [0.717, 1.165) is 3.97 Å². The Hall–Kier alpha value is -4.03. The van der Waals surface area contributed by atoms with E-state index in [9.17, 15) is 18.0 Å². The lowest BCUT2D eigenvalue weighted by Gasteiger charge is -2.18. The van der Waals surface area contributed by atoms with Gasteiger partial charge >= 0.3 is 0 Å². The van der Waals surface area contributed by atoms with Crippen LogP contribution in [0.1, 0.15) is 21.6 Å². The van der Waals surface area contributed by atoms with Gasteiger partial charge in [0.1, 0.15) is 0 Å². The first-order chi connectivity index (χ1) is 15.5. The number of carbonyl (C=O) groups is 2. The number of rotatable bonds is 4. The quantitative estimate of drug-likeness (QED) is 0.436. The topological polar surface area (TPSA) is 73.2 Å². The van der Waals surface area contributed by atoms with Crippen LogP contribution in [0.4, 0.5) is 0 Å². The predicted molar refractivity (Wildman–Crippen MR) is 122 cm³/mol. The first-order valence-electron chi connectivity index (χ1n) is 9.96. The zero-order valence-corrected chi connectivity index (χ0v) is 17.6. The summed E-state index contributed by atoms with van der Waals surface area (Å²) < 4.78 is 28.4. The third-order valence-electron chi connectivity index (χ3n) is 5.42. The number of hydrogen-bond donors (Lipinski definition) is 0. The fraction of sp³-hybridized carbons (Fsp3) is 0. The maximum absolute atomic E-state index is 13.7. The Labute approximate surface area is 185 Å². The second-order valence-corrected chi connectivity index (χ2v) is 9.18. The molecule has 32 heavy (non-hydrogen) atoms. The largest absolute Gasteiger partial charge is 0.286 e. The number of hydrogen-bond acceptors (Lipinski definition) is 4. The number of aromatic nitrogens is 1. The molecule has 0 fully saturated rings. The van der Waals surface area contributed by atoms with Gasteiger partial charge in [0.25, 0.3) is 10.0 Å². The number of fused-ring (bicyclic) bond motifs is 1. The van der Waals surface area contributed by atoms with Crippen molar-refractivity contribution in [3.05, 3.63) is 120 Å². The smallest absolute Gasteiger partial charge is 0.268 e. The van der Waals surface area contributed by atoms with Crippen LogP contribution in [0.2, 0.25) is 0 Å². The van der Waals surface area contributed by atoms with Crippen molar-refractivity contribution in [3.63, 3.8) is 0 Å². The van der Waals surface area contributed by atoms with Crippen LogP contribution in [0.25, 0.3) is 16.7 Å². The lowest BCUT2D eigenvalue weighted by molar-refractivity contribution is -0.111. The van der Waals surface area contributed by atoms with Gasteiger partial charge in [-0.1, -0.05) is 78.9 Å². The molecule has 156 valence electrons. The summed E-state index contributed by atoms with van der Waals surface area (Å²) in [5.74, 6) is -1.40. The first-order valence-corrected chi connectivity index (χ1v) is 11.4. The van der Waals surface area contributed by atoms with E-state index >= 15 is 0 Å². The summed E-state index contributed by atoms with van der Waals surface area (Å²) in [5, 5.41) is 0. The molecule has 1 aliphatic carbocycles. The van der Waals surface area contributed by atoms with Gasteiger partial charge in [0.15, 0.2) is 0 Å². The number of benzene rings is 3. The molecule has 0 aliphatic heterocycles. The average molecular weight is 439 g/mol. The number of ketones is 2. The molecular formula is C26H17NO4S. The van der Waals surface area contributed by atoms with E-state index in [1.807, 2.05) is 12.1 Å². The molecular weight excluding hydrogens is 422 g/mol. The van der Waals surface area contributed by atoms with Crippen LogP contribution in [-0.4, -0.2) is 24.0 Å². The molecule has 0 saturated carbocycles. The van der Waals surface area contributed by atoms with Crippen molar-refractivity contribution < 1.29 is 18.0 Å². The Kier molecular flexibility index (Phi) is 4.72. The summed E-state index contributed by atoms with van der Waals surface area (Å²) >= 11 is 0. The molecule has 0 radical (unpaired) electrons. The van der Waals surface area contributed by atoms with Gasteiger partial charge in [-0.3, -0.25) is 9.59 Å². The lowest BCUT2D eigenvalue weighted by atomic mass is 9.87. The number of carbonyl (C=O) groups excluding carboxylic acids is 2. The van der Waals surface area contributed by atoms with E-state index in [2.05, 4.69) is 0 Å². The van der Waals surface area contributed by atoms with Crippen LogP contribution in [0, 0.1) is 0 Å². The minimum atomic E-state index is -4.04. The van der Waals surface area contributed by atoms with Gasteiger partial charge in [0.05, 0.1) is 16.2 Å². The van der Waals surface area contributed by atoms with Crippen LogP contribution in [0.15, 0.2) is 108 Å². The Morgan fingerprint density at radius 2 is 1.19 bits per heavy atom. The highest BCUT2D eigenvalue weighted by molar-refractivity contribution is 7.90. The van der Waals surface area contributed by atoms with Crippen molar-refractivity contribution in [2.75, 3.05) is 0 Å². The molecule has 3 aromatic carbocycles. The Morgan fingerprint density at radius 3 is 1.78 bits per heavy atom. The standard InChI is InChI=1S/C26H17NO4S/c28-23-16-21(18-10-4-1-5-11-18)25-24(26(23)29)22(19-12-6-2-7-13-19)17-27(25)32(30,31)20-14-8-3-9-15-20/h1-17H. The van der Waals surface area contributed by atoms with Crippen LogP contribution in [0.3, 0.4) is 0 Å². The van der Waals surface area contributed by atoms with Crippen LogP contribution < -0.4 is 0 Å². The van der Waals surface area contributed by atoms with Gasteiger partial charge in [-0.15, -0.1) is 0 Å². The summed E-state index contributed by atoms with van der Waals surface area (Å²) in [4.78, 5) is 25.8. The second-order valence-electron chi connectivity index (χ2n) is 7.36. The van der Waals surface area contributed by atoms with Gasteiger partial charge in [-0.2, -0.15) is 0 Å². The van der Waals surface area contributed by atoms with Gasteiger partial charge in [-0.05, 0) is 29.3 Å². The van der Waals surface area contributed by atoms with E-state index < -0.39 is 21.6 Å². The maximum atomic E-state index is 13.7. The summed E-state index contributed by atoms with van der Waals surface area (Å²) in [6.07, 6.45) is 2.67. The van der Waals surface area contributed by atoms with Crippen molar-refractivity contribution in [1.82, 2.24) is 3.97 Å². The minimum Gasteiger partial charge on any atom is -0.286 e. The maximum Gasteiger partial charge on any atom is 0.268 e. The molecule has 0 spiro atoms. The number of nitrogens with zero attached hydrogens (tertiary/aromatic N) is 1. The molecule has 5 rings (SSSR count). The molecule has 1 heterocycles. The average Bonchev–Trinajstić information content (AvgIpc) is 3.25. The second kappa shape index (κ2) is 7.59. The normalized spacial score (nSPS) is 13.6. The number of Topliss-reactive ketones (excluding diaryl/α,β-unsaturated/α-hetero) is 1. The van der Waals surface area contributed by atoms with Crippen molar-refractivity contribution in [2.24, 2.45) is 0 Å². The van der Waals surface area contributed by atoms with Gasteiger partial charge in [-0.25, -0.2) is 12.4 Å². The van der Waals surface area contributed by atoms with E-state index in [1.165, 1.54) is 24.4 Å². The van der Waals surface area contributed by atoms with Crippen LogP contribution in [0.5, 0.6) is 0 Å². The number of allylic oxidation sites excluding steroid dienone is 1. The molecule has 0 unspecified atom stereocenters. The van der Waals surface area contributed by atoms with E-state index in [4.69, 9.17) is 0 Å². The minimum absolute atomic E-state index is 0.0918. The fourth-order valence-electron chi connectivity index (χ4n) is 3.93. The van der Waals surface area contributed by atoms with Gasteiger partial charge in [0.2, 0.25) is 11.6 Å². The van der Waals surface area contributed by atoms with Gasteiger partial charge < -0.3 is 0 Å². The SMILES string of the molecule is O=C1C=C(c2ccccc2)c2c(c(-c3ccccc3)cn2S(=O)(=O)c2ccccc2)C1=O. The molecule has 0 bridgehead atoms. The zero-order chi connectivity index (χ0) is 22.3. The third-order valence-corrected chi connectivity index (χ3v) is 7.10. The summed E-state index contributed by atoms with van der Waals surface area (Å²) in [7, 11) is -4.04. The van der Waals surface area contributed by atoms with Crippen molar-refractivity contribution >= 4 is 27.2 Å². The summed E-state index contributed by atoms with van der Waals surface area (Å²) in [5.41, 5.74) is 2.40. The van der Waals surface area contributed by atoms with E-state index in [-0.39, 0.29) is 16.2 Å². The van der Waals surface area contributed by atoms with Crippen molar-refractivity contribution in [1.29, 1.82) is 0 Å². The Bertz CT molecular complexity index is 1480. The van der Waals surface area contributed by atoms with Crippen LogP contribution >= 0.6 is 0 Å². The van der Waals surface area contributed by atoms with Crippen molar-refractivity contribution in [3.8, 4) is 11.1 Å². The Balaban J connectivity index is 1.88. The molecule has 0 atom stereocenters. The third kappa shape index (κ3) is 3.13. The van der Waals surface area contributed by atoms with Gasteiger partial charge in [0, 0.05) is 17.3 Å². The molecule has 5 nitrogen and oxygen atoms in total. The fourth-order valence-corrected chi connectivity index (χ4v) is 5.33. The molecule has 4 aromatic rings. The zero-order valence-electron chi connectivity index (χ0n) is 16.8. The highest BCUT2D eigenvalue weighted by Crippen LogP contribution is 2.39. The van der Waals surface area contributed by atoms with E-state index in [0.29, 0.717) is 22.3 Å².